The predicted octanol–water partition coefficient (Wildman–Crippen LogP) is 1.24. The van der Waals surface area contributed by atoms with E-state index in [9.17, 15) is 4.79 Å². The van der Waals surface area contributed by atoms with Crippen molar-refractivity contribution in [2.24, 2.45) is 0 Å². The average Bonchev–Trinajstić information content (AvgIpc) is 2.92. The summed E-state index contributed by atoms with van der Waals surface area (Å²) >= 11 is 5.92. The van der Waals surface area contributed by atoms with Crippen molar-refractivity contribution in [2.45, 2.75) is 31.9 Å². The molecule has 8 heteroatoms. The molecule has 20 heavy (non-hydrogen) atoms. The van der Waals surface area contributed by atoms with Gasteiger partial charge in [0, 0.05) is 6.61 Å². The summed E-state index contributed by atoms with van der Waals surface area (Å²) in [5, 5.41) is 4.33. The molecule has 0 radical (unpaired) electrons. The van der Waals surface area contributed by atoms with Crippen LogP contribution in [0.2, 0.25) is 0 Å². The van der Waals surface area contributed by atoms with Gasteiger partial charge >= 0.3 is 5.97 Å². The highest BCUT2D eigenvalue weighted by Crippen LogP contribution is 2.18. The molecule has 0 spiro atoms. The van der Waals surface area contributed by atoms with E-state index in [1.807, 2.05) is 4.57 Å². The molecule has 1 saturated heterocycles. The molecule has 2 aromatic rings. The second kappa shape index (κ2) is 5.41. The van der Waals surface area contributed by atoms with E-state index in [-0.39, 0.29) is 12.0 Å². The van der Waals surface area contributed by atoms with Crippen molar-refractivity contribution in [1.29, 1.82) is 0 Å². The third-order valence-corrected chi connectivity index (χ3v) is 3.51. The van der Waals surface area contributed by atoms with Crippen LogP contribution in [0.15, 0.2) is 6.20 Å². The van der Waals surface area contributed by atoms with E-state index >= 15 is 0 Å². The van der Waals surface area contributed by atoms with Crippen molar-refractivity contribution >= 4 is 23.3 Å². The highest BCUT2D eigenvalue weighted by molar-refractivity contribution is 6.16. The maximum atomic E-state index is 11.8. The Morgan fingerprint density at radius 3 is 3.05 bits per heavy atom. The molecule has 2 aromatic heterocycles. The van der Waals surface area contributed by atoms with Gasteiger partial charge in [-0.25, -0.2) is 9.78 Å². The molecule has 3 heterocycles. The Morgan fingerprint density at radius 1 is 1.65 bits per heavy atom. The molecule has 108 valence electrons. The molecule has 1 aliphatic heterocycles. The van der Waals surface area contributed by atoms with Crippen molar-refractivity contribution in [1.82, 2.24) is 19.2 Å². The Bertz CT molecular complexity index is 632. The fourth-order valence-electron chi connectivity index (χ4n) is 2.17. The Labute approximate surface area is 120 Å². The third-order valence-electron chi connectivity index (χ3n) is 3.27. The number of esters is 1. The van der Waals surface area contributed by atoms with Gasteiger partial charge in [-0.05, 0) is 13.3 Å². The van der Waals surface area contributed by atoms with Crippen LogP contribution in [0, 0.1) is 0 Å². The van der Waals surface area contributed by atoms with Crippen molar-refractivity contribution in [3.63, 3.8) is 0 Å². The van der Waals surface area contributed by atoms with Gasteiger partial charge in [0.1, 0.15) is 5.82 Å². The van der Waals surface area contributed by atoms with Crippen LogP contribution in [0.4, 0.5) is 0 Å². The lowest BCUT2D eigenvalue weighted by molar-refractivity contribution is -0.0590. The van der Waals surface area contributed by atoms with Gasteiger partial charge in [-0.3, -0.25) is 4.57 Å². The van der Waals surface area contributed by atoms with Crippen molar-refractivity contribution in [2.75, 3.05) is 13.2 Å². The number of fused-ring (bicyclic) bond motifs is 1. The monoisotopic (exact) mass is 298 g/mol. The number of rotatable bonds is 5. The molecule has 1 fully saturated rings. The molecule has 0 saturated carbocycles. The summed E-state index contributed by atoms with van der Waals surface area (Å²) in [4.78, 5) is 16.1. The van der Waals surface area contributed by atoms with Crippen LogP contribution >= 0.6 is 11.6 Å². The fourth-order valence-corrected chi connectivity index (χ4v) is 2.36. The van der Waals surface area contributed by atoms with Gasteiger partial charge in [-0.15, -0.1) is 16.7 Å². The molecule has 1 aliphatic rings. The third kappa shape index (κ3) is 2.16. The second-order valence-electron chi connectivity index (χ2n) is 4.52. The molecule has 7 nitrogen and oxygen atoms in total. The van der Waals surface area contributed by atoms with Gasteiger partial charge in [0.15, 0.2) is 5.69 Å². The van der Waals surface area contributed by atoms with Crippen molar-refractivity contribution < 1.29 is 14.3 Å². The minimum atomic E-state index is -0.439. The quantitative estimate of drug-likeness (QED) is 0.613. The normalized spacial score (nSPS) is 18.2. The first-order valence-electron chi connectivity index (χ1n) is 6.52. The zero-order valence-corrected chi connectivity index (χ0v) is 11.8. The van der Waals surface area contributed by atoms with Crippen molar-refractivity contribution in [3.05, 3.63) is 17.7 Å². The second-order valence-corrected chi connectivity index (χ2v) is 4.78. The standard InChI is InChI=1S/C12H15ClN4O3/c1-2-19-11(18)9-6-14-12-16(7-8-3-4-20-8)10(5-13)15-17(9)12/h6,8H,2-5,7H2,1H3. The number of imidazole rings is 1. The van der Waals surface area contributed by atoms with Crippen LogP contribution in [0.3, 0.4) is 0 Å². The Kier molecular flexibility index (Phi) is 3.62. The maximum Gasteiger partial charge on any atom is 0.358 e. The SMILES string of the molecule is CCOC(=O)c1cnc2n(CC3CCO3)c(CCl)nn12. The molecular formula is C12H15ClN4O3. The van der Waals surface area contributed by atoms with E-state index in [0.717, 1.165) is 13.0 Å². The minimum Gasteiger partial charge on any atom is -0.461 e. The van der Waals surface area contributed by atoms with Crippen LogP contribution in [-0.4, -0.2) is 44.5 Å². The van der Waals surface area contributed by atoms with Crippen LogP contribution in [-0.2, 0) is 21.9 Å². The molecule has 0 aromatic carbocycles. The van der Waals surface area contributed by atoms with E-state index in [1.165, 1.54) is 10.7 Å². The first-order valence-corrected chi connectivity index (χ1v) is 7.05. The number of ether oxygens (including phenoxy) is 2. The first-order chi connectivity index (χ1) is 9.74. The van der Waals surface area contributed by atoms with Gasteiger partial charge in [-0.1, -0.05) is 0 Å². The number of hydrogen-bond donors (Lipinski definition) is 0. The fraction of sp³-hybridized carbons (Fsp3) is 0.583. The summed E-state index contributed by atoms with van der Waals surface area (Å²) in [5.41, 5.74) is 0.307. The smallest absolute Gasteiger partial charge is 0.358 e. The van der Waals surface area contributed by atoms with Gasteiger partial charge in [0.05, 0.1) is 31.3 Å². The topological polar surface area (TPSA) is 70.6 Å². The number of carbonyl (C=O) groups excluding carboxylic acids is 1. The summed E-state index contributed by atoms with van der Waals surface area (Å²) in [6.07, 6.45) is 2.64. The van der Waals surface area contributed by atoms with E-state index in [0.29, 0.717) is 30.4 Å². The zero-order valence-electron chi connectivity index (χ0n) is 11.1. The first kappa shape index (κ1) is 13.4. The molecule has 0 aliphatic carbocycles. The summed E-state index contributed by atoms with van der Waals surface area (Å²) in [7, 11) is 0. The number of carbonyl (C=O) groups is 1. The average molecular weight is 299 g/mol. The summed E-state index contributed by atoms with van der Waals surface area (Å²) in [6.45, 7) is 3.50. The van der Waals surface area contributed by atoms with Gasteiger partial charge in [-0.2, -0.15) is 4.52 Å². The summed E-state index contributed by atoms with van der Waals surface area (Å²) in [5.74, 6) is 1.05. The summed E-state index contributed by atoms with van der Waals surface area (Å²) in [6, 6.07) is 0. The predicted molar refractivity (Wildman–Crippen MR) is 70.8 cm³/mol. The maximum absolute atomic E-state index is 11.8. The largest absolute Gasteiger partial charge is 0.461 e. The number of nitrogens with zero attached hydrogens (tertiary/aromatic N) is 4. The lowest BCUT2D eigenvalue weighted by Gasteiger charge is -2.26. The van der Waals surface area contributed by atoms with E-state index in [1.54, 1.807) is 6.92 Å². The lowest BCUT2D eigenvalue weighted by atomic mass is 10.2. The number of halogens is 1. The summed E-state index contributed by atoms with van der Waals surface area (Å²) < 4.78 is 13.8. The number of alkyl halides is 1. The van der Waals surface area contributed by atoms with Crippen LogP contribution in [0.1, 0.15) is 29.7 Å². The van der Waals surface area contributed by atoms with Gasteiger partial charge in [0.25, 0.3) is 0 Å². The van der Waals surface area contributed by atoms with Crippen LogP contribution in [0.25, 0.3) is 5.78 Å². The molecule has 1 unspecified atom stereocenters. The van der Waals surface area contributed by atoms with Crippen molar-refractivity contribution in [3.8, 4) is 0 Å². The van der Waals surface area contributed by atoms with Crippen LogP contribution < -0.4 is 0 Å². The Balaban J connectivity index is 1.98. The molecular weight excluding hydrogens is 284 g/mol. The van der Waals surface area contributed by atoms with Gasteiger partial charge in [0.2, 0.25) is 5.78 Å². The highest BCUT2D eigenvalue weighted by atomic mass is 35.5. The molecule has 3 rings (SSSR count). The number of hydrogen-bond acceptors (Lipinski definition) is 5. The van der Waals surface area contributed by atoms with Crippen LogP contribution in [0.5, 0.6) is 0 Å². The highest BCUT2D eigenvalue weighted by Gasteiger charge is 2.24. The molecule has 1 atom stereocenters. The molecule has 0 amide bonds. The lowest BCUT2D eigenvalue weighted by Crippen LogP contribution is -2.31. The van der Waals surface area contributed by atoms with E-state index < -0.39 is 5.97 Å². The van der Waals surface area contributed by atoms with E-state index in [2.05, 4.69) is 10.1 Å². The Hall–Kier alpha value is -1.60. The van der Waals surface area contributed by atoms with E-state index in [4.69, 9.17) is 21.1 Å². The zero-order chi connectivity index (χ0) is 14.1. The van der Waals surface area contributed by atoms with Gasteiger partial charge < -0.3 is 9.47 Å². The Morgan fingerprint density at radius 2 is 2.45 bits per heavy atom. The molecule has 0 N–H and O–H groups in total. The minimum absolute atomic E-state index is 0.165. The molecule has 0 bridgehead atoms. The number of aromatic nitrogens is 4.